The lowest BCUT2D eigenvalue weighted by atomic mass is 10.3. The lowest BCUT2D eigenvalue weighted by Gasteiger charge is -2.10. The molecule has 0 aromatic rings. The molecule has 0 aromatic carbocycles. The summed E-state index contributed by atoms with van der Waals surface area (Å²) in [6, 6.07) is 0.294. The van der Waals surface area contributed by atoms with Gasteiger partial charge in [0.25, 0.3) is 0 Å². The van der Waals surface area contributed by atoms with Crippen molar-refractivity contribution in [3.8, 4) is 0 Å². The highest BCUT2D eigenvalue weighted by atomic mass is 32.2. The fourth-order valence-corrected chi connectivity index (χ4v) is 1.55. The van der Waals surface area contributed by atoms with Gasteiger partial charge in [-0.1, -0.05) is 6.92 Å². The number of hydrogen-bond acceptors (Lipinski definition) is 3. The van der Waals surface area contributed by atoms with Gasteiger partial charge in [0, 0.05) is 6.04 Å². The molecule has 4 heteroatoms. The van der Waals surface area contributed by atoms with E-state index in [1.807, 2.05) is 6.92 Å². The van der Waals surface area contributed by atoms with Crippen LogP contribution in [-0.2, 0) is 4.79 Å². The molecule has 1 amide bonds. The third kappa shape index (κ3) is 8.12. The van der Waals surface area contributed by atoms with Crippen LogP contribution in [0.4, 0.5) is 0 Å². The van der Waals surface area contributed by atoms with Gasteiger partial charge < -0.3 is 11.1 Å². The second-order valence-corrected chi connectivity index (χ2v) is 4.18. The number of thioether (sulfide) groups is 1. The van der Waals surface area contributed by atoms with Crippen LogP contribution >= 0.6 is 11.8 Å². The Morgan fingerprint density at radius 1 is 1.62 bits per heavy atom. The zero-order valence-corrected chi connectivity index (χ0v) is 9.32. The summed E-state index contributed by atoms with van der Waals surface area (Å²) in [4.78, 5) is 11.2. The average molecular weight is 204 g/mol. The highest BCUT2D eigenvalue weighted by Gasteiger charge is 2.04. The van der Waals surface area contributed by atoms with E-state index in [2.05, 4.69) is 12.2 Å². The Labute approximate surface area is 84.8 Å². The van der Waals surface area contributed by atoms with Crippen molar-refractivity contribution in [2.45, 2.75) is 32.7 Å². The van der Waals surface area contributed by atoms with Crippen molar-refractivity contribution in [1.29, 1.82) is 0 Å². The SMILES string of the molecule is CCC(C)NC(=O)CSCCCN. The quantitative estimate of drug-likeness (QED) is 0.608. The number of nitrogens with two attached hydrogens (primary N) is 1. The maximum Gasteiger partial charge on any atom is 0.230 e. The topological polar surface area (TPSA) is 55.1 Å². The number of hydrogen-bond donors (Lipinski definition) is 2. The van der Waals surface area contributed by atoms with Crippen molar-refractivity contribution >= 4 is 17.7 Å². The van der Waals surface area contributed by atoms with Crippen molar-refractivity contribution in [1.82, 2.24) is 5.32 Å². The van der Waals surface area contributed by atoms with Crippen LogP contribution in [0.25, 0.3) is 0 Å². The van der Waals surface area contributed by atoms with E-state index in [0.717, 1.165) is 18.6 Å². The normalized spacial score (nSPS) is 12.5. The molecule has 0 heterocycles. The molecule has 0 aliphatic carbocycles. The van der Waals surface area contributed by atoms with Gasteiger partial charge in [0.15, 0.2) is 0 Å². The Hall–Kier alpha value is -0.220. The zero-order valence-electron chi connectivity index (χ0n) is 8.51. The van der Waals surface area contributed by atoms with Gasteiger partial charge in [-0.2, -0.15) is 11.8 Å². The van der Waals surface area contributed by atoms with Gasteiger partial charge in [-0.15, -0.1) is 0 Å². The fraction of sp³-hybridized carbons (Fsp3) is 0.889. The highest BCUT2D eigenvalue weighted by molar-refractivity contribution is 7.99. The first-order valence-electron chi connectivity index (χ1n) is 4.77. The Balaban J connectivity index is 3.30. The van der Waals surface area contributed by atoms with E-state index in [4.69, 9.17) is 5.73 Å². The molecule has 0 fully saturated rings. The highest BCUT2D eigenvalue weighted by Crippen LogP contribution is 2.01. The van der Waals surface area contributed by atoms with E-state index >= 15 is 0 Å². The monoisotopic (exact) mass is 204 g/mol. The predicted octanol–water partition coefficient (Wildman–Crippen LogP) is 0.983. The van der Waals surface area contributed by atoms with Crippen molar-refractivity contribution in [2.75, 3.05) is 18.1 Å². The molecule has 1 unspecified atom stereocenters. The third-order valence-corrected chi connectivity index (χ3v) is 2.79. The molecule has 0 aliphatic heterocycles. The first-order chi connectivity index (χ1) is 6.20. The van der Waals surface area contributed by atoms with Crippen LogP contribution in [-0.4, -0.2) is 30.0 Å². The number of rotatable bonds is 7. The average Bonchev–Trinajstić information content (AvgIpc) is 2.12. The van der Waals surface area contributed by atoms with E-state index in [-0.39, 0.29) is 5.91 Å². The molecule has 3 nitrogen and oxygen atoms in total. The molecule has 0 saturated carbocycles. The number of nitrogens with one attached hydrogen (secondary N) is 1. The van der Waals surface area contributed by atoms with Crippen LogP contribution in [0, 0.1) is 0 Å². The minimum absolute atomic E-state index is 0.136. The molecule has 3 N–H and O–H groups in total. The minimum atomic E-state index is 0.136. The van der Waals surface area contributed by atoms with Crippen molar-refractivity contribution in [3.05, 3.63) is 0 Å². The van der Waals surface area contributed by atoms with E-state index < -0.39 is 0 Å². The second kappa shape index (κ2) is 8.38. The molecule has 0 aliphatic rings. The molecular formula is C9H20N2OS. The van der Waals surface area contributed by atoms with E-state index in [1.54, 1.807) is 11.8 Å². The second-order valence-electron chi connectivity index (χ2n) is 3.07. The molecule has 78 valence electrons. The standard InChI is InChI=1S/C9H20N2OS/c1-3-8(2)11-9(12)7-13-6-4-5-10/h8H,3-7,10H2,1-2H3,(H,11,12). The summed E-state index contributed by atoms with van der Waals surface area (Å²) in [7, 11) is 0. The summed E-state index contributed by atoms with van der Waals surface area (Å²) in [5, 5.41) is 2.92. The molecule has 0 bridgehead atoms. The van der Waals surface area contributed by atoms with Crippen LogP contribution in [0.3, 0.4) is 0 Å². The summed E-state index contributed by atoms with van der Waals surface area (Å²) < 4.78 is 0. The van der Waals surface area contributed by atoms with Crippen LogP contribution < -0.4 is 11.1 Å². The van der Waals surface area contributed by atoms with E-state index in [0.29, 0.717) is 18.3 Å². The number of amides is 1. The summed E-state index contributed by atoms with van der Waals surface area (Å²) >= 11 is 1.65. The first-order valence-corrected chi connectivity index (χ1v) is 5.93. The summed E-state index contributed by atoms with van der Waals surface area (Å²) in [6.45, 7) is 4.79. The molecular weight excluding hydrogens is 184 g/mol. The van der Waals surface area contributed by atoms with Gasteiger partial charge >= 0.3 is 0 Å². The van der Waals surface area contributed by atoms with E-state index in [1.165, 1.54) is 0 Å². The summed E-state index contributed by atoms with van der Waals surface area (Å²) in [6.07, 6.45) is 1.97. The van der Waals surface area contributed by atoms with Crippen LogP contribution in [0.1, 0.15) is 26.7 Å². The molecule has 0 spiro atoms. The largest absolute Gasteiger partial charge is 0.353 e. The van der Waals surface area contributed by atoms with Crippen LogP contribution in [0.15, 0.2) is 0 Å². The van der Waals surface area contributed by atoms with Gasteiger partial charge in [-0.25, -0.2) is 0 Å². The molecule has 0 aromatic heterocycles. The summed E-state index contributed by atoms with van der Waals surface area (Å²) in [5.41, 5.74) is 5.33. The lowest BCUT2D eigenvalue weighted by molar-refractivity contribution is -0.119. The molecule has 1 atom stereocenters. The Morgan fingerprint density at radius 2 is 2.31 bits per heavy atom. The van der Waals surface area contributed by atoms with Gasteiger partial charge in [0.05, 0.1) is 5.75 Å². The lowest BCUT2D eigenvalue weighted by Crippen LogP contribution is -2.33. The smallest absolute Gasteiger partial charge is 0.230 e. The maximum absolute atomic E-state index is 11.2. The van der Waals surface area contributed by atoms with Crippen molar-refractivity contribution in [3.63, 3.8) is 0 Å². The first kappa shape index (κ1) is 12.8. The zero-order chi connectivity index (χ0) is 10.1. The Kier molecular flexibility index (Phi) is 8.24. The number of carbonyl (C=O) groups excluding carboxylic acids is 1. The van der Waals surface area contributed by atoms with Gasteiger partial charge in [-0.3, -0.25) is 4.79 Å². The van der Waals surface area contributed by atoms with Crippen molar-refractivity contribution < 1.29 is 4.79 Å². The van der Waals surface area contributed by atoms with Crippen molar-refractivity contribution in [2.24, 2.45) is 5.73 Å². The molecule has 0 saturated heterocycles. The van der Waals surface area contributed by atoms with Gasteiger partial charge in [0.1, 0.15) is 0 Å². The van der Waals surface area contributed by atoms with E-state index in [9.17, 15) is 4.79 Å². The van der Waals surface area contributed by atoms with Crippen LogP contribution in [0.2, 0.25) is 0 Å². The van der Waals surface area contributed by atoms with Gasteiger partial charge in [-0.05, 0) is 32.1 Å². The Morgan fingerprint density at radius 3 is 2.85 bits per heavy atom. The summed E-state index contributed by atoms with van der Waals surface area (Å²) in [5.74, 6) is 1.67. The van der Waals surface area contributed by atoms with Gasteiger partial charge in [0.2, 0.25) is 5.91 Å². The number of carbonyl (C=O) groups is 1. The Bertz CT molecular complexity index is 142. The predicted molar refractivity (Wildman–Crippen MR) is 58.9 cm³/mol. The minimum Gasteiger partial charge on any atom is -0.353 e. The third-order valence-electron chi connectivity index (χ3n) is 1.75. The molecule has 13 heavy (non-hydrogen) atoms. The fourth-order valence-electron chi connectivity index (χ4n) is 0.769. The molecule has 0 radical (unpaired) electrons. The molecule has 0 rings (SSSR count). The maximum atomic E-state index is 11.2. The van der Waals surface area contributed by atoms with Crippen LogP contribution in [0.5, 0.6) is 0 Å².